The fourth-order valence-corrected chi connectivity index (χ4v) is 2.92. The molecule has 0 aromatic carbocycles. The molecule has 0 radical (unpaired) electrons. The van der Waals surface area contributed by atoms with Gasteiger partial charge in [-0.2, -0.15) is 4.98 Å². The number of carbonyl (C=O) groups excluding carboxylic acids is 2. The number of nitrogens with two attached hydrogens (primary N) is 1. The summed E-state index contributed by atoms with van der Waals surface area (Å²) in [7, 11) is 1.50. The van der Waals surface area contributed by atoms with Gasteiger partial charge in [0.25, 0.3) is 0 Å². The zero-order valence-electron chi connectivity index (χ0n) is 16.7. The number of ketones is 1. The summed E-state index contributed by atoms with van der Waals surface area (Å²) in [6.45, 7) is 2.97. The van der Waals surface area contributed by atoms with Crippen LogP contribution in [0.25, 0.3) is 0 Å². The fraction of sp³-hybridized carbons (Fsp3) is 0.667. The van der Waals surface area contributed by atoms with E-state index < -0.39 is 42.8 Å². The van der Waals surface area contributed by atoms with Crippen molar-refractivity contribution in [2.75, 3.05) is 32.7 Å². The molecule has 0 aliphatic carbocycles. The van der Waals surface area contributed by atoms with Gasteiger partial charge in [0.2, 0.25) is 0 Å². The third-order valence-electron chi connectivity index (χ3n) is 4.46. The fourth-order valence-electron chi connectivity index (χ4n) is 2.92. The number of aryl methyl sites for hydroxylation is 1. The van der Waals surface area contributed by atoms with Crippen LogP contribution in [0.2, 0.25) is 0 Å². The van der Waals surface area contributed by atoms with Crippen LogP contribution in [0.5, 0.6) is 0 Å². The quantitative estimate of drug-likeness (QED) is 0.373. The molecule has 1 aromatic rings. The van der Waals surface area contributed by atoms with Crippen LogP contribution in [-0.4, -0.2) is 71.7 Å². The number of ether oxygens (including phenoxy) is 4. The molecule has 29 heavy (non-hydrogen) atoms. The van der Waals surface area contributed by atoms with Crippen LogP contribution < -0.4 is 11.4 Å². The largest absolute Gasteiger partial charge is 0.456 e. The van der Waals surface area contributed by atoms with Crippen molar-refractivity contribution in [3.8, 4) is 0 Å². The van der Waals surface area contributed by atoms with Gasteiger partial charge in [0.15, 0.2) is 12.3 Å². The highest BCUT2D eigenvalue weighted by Crippen LogP contribution is 2.33. The van der Waals surface area contributed by atoms with Gasteiger partial charge < -0.3 is 34.6 Å². The zero-order chi connectivity index (χ0) is 21.6. The van der Waals surface area contributed by atoms with Gasteiger partial charge in [0, 0.05) is 25.3 Å². The summed E-state index contributed by atoms with van der Waals surface area (Å²) in [6.07, 6.45) is -2.45. The molecular weight excluding hydrogens is 386 g/mol. The Hall–Kier alpha value is -2.34. The summed E-state index contributed by atoms with van der Waals surface area (Å²) in [5, 5.41) is 9.72. The van der Waals surface area contributed by atoms with Gasteiger partial charge in [0.1, 0.15) is 23.8 Å². The number of nitrogens with zero attached hydrogens (tertiary/aromatic N) is 2. The lowest BCUT2D eigenvalue weighted by Gasteiger charge is -2.25. The molecule has 11 nitrogen and oxygen atoms in total. The average molecular weight is 413 g/mol. The first kappa shape index (κ1) is 22.9. The van der Waals surface area contributed by atoms with Crippen LogP contribution in [0.1, 0.15) is 31.6 Å². The summed E-state index contributed by atoms with van der Waals surface area (Å²) >= 11 is 0. The van der Waals surface area contributed by atoms with Crippen molar-refractivity contribution in [3.05, 3.63) is 22.2 Å². The first-order valence-corrected chi connectivity index (χ1v) is 9.19. The molecule has 1 saturated heterocycles. The Morgan fingerprint density at radius 3 is 2.66 bits per heavy atom. The van der Waals surface area contributed by atoms with Gasteiger partial charge >= 0.3 is 11.7 Å². The van der Waals surface area contributed by atoms with Crippen LogP contribution >= 0.6 is 0 Å². The minimum Gasteiger partial charge on any atom is -0.456 e. The molecule has 11 heteroatoms. The Morgan fingerprint density at radius 2 is 2.03 bits per heavy atom. The first-order chi connectivity index (χ1) is 13.8. The maximum Gasteiger partial charge on any atom is 0.351 e. The van der Waals surface area contributed by atoms with Gasteiger partial charge in [-0.25, -0.2) is 4.79 Å². The number of hydrogen-bond acceptors (Lipinski definition) is 10. The van der Waals surface area contributed by atoms with Crippen LogP contribution in [0.3, 0.4) is 0 Å². The normalized spacial score (nSPS) is 23.9. The SMILES string of the molecule is COCCO[C@@H]1[C@H](OC(=O)CCC(C)=O)[C@@H](CO)O[C@H]1n1cc(C)c(N)nc1=O. The second-order valence-corrected chi connectivity index (χ2v) is 6.73. The number of methoxy groups -OCH3 is 1. The van der Waals surface area contributed by atoms with Crippen LogP contribution in [-0.2, 0) is 28.5 Å². The number of aliphatic hydroxyl groups excluding tert-OH is 1. The predicted octanol–water partition coefficient (Wildman–Crippen LogP) is -0.664. The second-order valence-electron chi connectivity index (χ2n) is 6.73. The number of hydrogen-bond donors (Lipinski definition) is 2. The first-order valence-electron chi connectivity index (χ1n) is 9.19. The van der Waals surface area contributed by atoms with Crippen molar-refractivity contribution in [2.45, 2.75) is 51.2 Å². The molecule has 1 aromatic heterocycles. The number of esters is 1. The van der Waals surface area contributed by atoms with Crippen molar-refractivity contribution in [2.24, 2.45) is 0 Å². The van der Waals surface area contributed by atoms with Crippen LogP contribution in [0, 0.1) is 6.92 Å². The molecule has 0 spiro atoms. The lowest BCUT2D eigenvalue weighted by atomic mass is 10.1. The molecule has 162 valence electrons. The number of nitrogen functional groups attached to an aromatic ring is 1. The molecule has 2 rings (SSSR count). The van der Waals surface area contributed by atoms with E-state index in [0.29, 0.717) is 5.56 Å². The third kappa shape index (κ3) is 5.82. The third-order valence-corrected chi connectivity index (χ3v) is 4.46. The Morgan fingerprint density at radius 1 is 1.31 bits per heavy atom. The number of aromatic nitrogens is 2. The number of anilines is 1. The van der Waals surface area contributed by atoms with E-state index in [4.69, 9.17) is 24.7 Å². The maximum atomic E-state index is 12.4. The van der Waals surface area contributed by atoms with E-state index in [-0.39, 0.29) is 37.7 Å². The minimum absolute atomic E-state index is 0.0371. The molecule has 1 aliphatic rings. The van der Waals surface area contributed by atoms with E-state index in [1.807, 2.05) is 0 Å². The van der Waals surface area contributed by atoms with E-state index >= 15 is 0 Å². The molecule has 0 amide bonds. The molecule has 1 fully saturated rings. The molecule has 1 aliphatic heterocycles. The van der Waals surface area contributed by atoms with Crippen molar-refractivity contribution >= 4 is 17.6 Å². The zero-order valence-corrected chi connectivity index (χ0v) is 16.7. The Kier molecular flexibility index (Phi) is 8.26. The molecule has 3 N–H and O–H groups in total. The van der Waals surface area contributed by atoms with Crippen LogP contribution in [0.15, 0.2) is 11.0 Å². The van der Waals surface area contributed by atoms with E-state index in [1.54, 1.807) is 6.92 Å². The summed E-state index contributed by atoms with van der Waals surface area (Å²) in [6, 6.07) is 0. The van der Waals surface area contributed by atoms with E-state index in [2.05, 4.69) is 4.98 Å². The second kappa shape index (κ2) is 10.4. The highest BCUT2D eigenvalue weighted by atomic mass is 16.6. The smallest absolute Gasteiger partial charge is 0.351 e. The molecule has 0 bridgehead atoms. The van der Waals surface area contributed by atoms with Gasteiger partial charge in [-0.3, -0.25) is 9.36 Å². The Bertz CT molecular complexity index is 781. The average Bonchev–Trinajstić information content (AvgIpc) is 3.00. The van der Waals surface area contributed by atoms with Gasteiger partial charge in [-0.05, 0) is 13.8 Å². The topological polar surface area (TPSA) is 152 Å². The maximum absolute atomic E-state index is 12.4. The number of Topliss-reactive ketones (excluding diaryl/α,β-unsaturated/α-hetero) is 1. The highest BCUT2D eigenvalue weighted by molar-refractivity contribution is 5.81. The number of aliphatic hydroxyl groups is 1. The van der Waals surface area contributed by atoms with Crippen molar-refractivity contribution in [1.29, 1.82) is 0 Å². The monoisotopic (exact) mass is 413 g/mol. The van der Waals surface area contributed by atoms with E-state index in [9.17, 15) is 19.5 Å². The minimum atomic E-state index is -1.01. The molecule has 4 atom stereocenters. The number of rotatable bonds is 10. The highest BCUT2D eigenvalue weighted by Gasteiger charge is 2.49. The van der Waals surface area contributed by atoms with Gasteiger partial charge in [-0.1, -0.05) is 0 Å². The number of carbonyl (C=O) groups is 2. The summed E-state index contributed by atoms with van der Waals surface area (Å²) < 4.78 is 23.2. The molecular formula is C18H27N3O8. The molecule has 2 heterocycles. The van der Waals surface area contributed by atoms with Crippen LogP contribution in [0.4, 0.5) is 5.82 Å². The lowest BCUT2D eigenvalue weighted by Crippen LogP contribution is -2.41. The standard InChI is InChI=1S/C18H27N3O8/c1-10-8-21(18(25)20-16(10)19)17-15(27-7-6-26-3)14(12(9-22)28-17)29-13(24)5-4-11(2)23/h8,12,14-15,17,22H,4-7,9H2,1-3H3,(H2,19,20,25)/t12-,14-,15-,17-/m1/s1. The van der Waals surface area contributed by atoms with E-state index in [0.717, 1.165) is 0 Å². The molecule has 0 unspecified atom stereocenters. The lowest BCUT2D eigenvalue weighted by molar-refractivity contribution is -0.159. The Balaban J connectivity index is 2.30. The van der Waals surface area contributed by atoms with Gasteiger partial charge in [-0.15, -0.1) is 0 Å². The summed E-state index contributed by atoms with van der Waals surface area (Å²) in [5.74, 6) is -0.691. The Labute approximate surface area is 167 Å². The molecule has 0 saturated carbocycles. The van der Waals surface area contributed by atoms with Gasteiger partial charge in [0.05, 0.1) is 26.2 Å². The van der Waals surface area contributed by atoms with Crippen molar-refractivity contribution in [1.82, 2.24) is 9.55 Å². The van der Waals surface area contributed by atoms with Crippen molar-refractivity contribution in [3.63, 3.8) is 0 Å². The van der Waals surface area contributed by atoms with E-state index in [1.165, 1.54) is 24.8 Å². The predicted molar refractivity (Wildman–Crippen MR) is 100 cm³/mol. The summed E-state index contributed by atoms with van der Waals surface area (Å²) in [5.41, 5.74) is 5.56. The van der Waals surface area contributed by atoms with Crippen molar-refractivity contribution < 1.29 is 33.6 Å². The summed E-state index contributed by atoms with van der Waals surface area (Å²) in [4.78, 5) is 39.4.